The maximum atomic E-state index is 13.5. The topological polar surface area (TPSA) is 52.9 Å². The summed E-state index contributed by atoms with van der Waals surface area (Å²) >= 11 is 7.60. The van der Waals surface area contributed by atoms with Crippen LogP contribution in [0, 0.1) is 17.7 Å². The van der Waals surface area contributed by atoms with Crippen molar-refractivity contribution in [3.8, 4) is 6.57 Å². The number of nitriles is 1. The van der Waals surface area contributed by atoms with E-state index in [0.717, 1.165) is 18.6 Å². The van der Waals surface area contributed by atoms with Gasteiger partial charge in [0.2, 0.25) is 5.91 Å². The number of amides is 1. The molecule has 1 aliphatic rings. The monoisotopic (exact) mass is 300 g/mol. The minimum absolute atomic E-state index is 0.00255. The highest BCUT2D eigenvalue weighted by atomic mass is 35.5. The van der Waals surface area contributed by atoms with E-state index in [9.17, 15) is 9.18 Å². The first kappa shape index (κ1) is 15.8. The van der Waals surface area contributed by atoms with Crippen LogP contribution in [0.3, 0.4) is 0 Å². The Hall–Kier alpha value is -1.25. The SMILES string of the molecule is C#N.O=C(Cc1c(F)cccc1Cl)NC1CCCS1. The van der Waals surface area contributed by atoms with E-state index in [2.05, 4.69) is 11.9 Å². The summed E-state index contributed by atoms with van der Waals surface area (Å²) in [6, 6.07) is 4.45. The number of carbonyl (C=O) groups is 1. The quantitative estimate of drug-likeness (QED) is 0.933. The van der Waals surface area contributed by atoms with E-state index in [1.54, 1.807) is 17.8 Å². The third kappa shape index (κ3) is 4.73. The van der Waals surface area contributed by atoms with Gasteiger partial charge in [0.15, 0.2) is 0 Å². The molecule has 19 heavy (non-hydrogen) atoms. The molecule has 0 spiro atoms. The van der Waals surface area contributed by atoms with Gasteiger partial charge in [-0.25, -0.2) is 9.65 Å². The van der Waals surface area contributed by atoms with Crippen LogP contribution in [-0.4, -0.2) is 17.0 Å². The Bertz CT molecular complexity index is 441. The lowest BCUT2D eigenvalue weighted by molar-refractivity contribution is -0.120. The van der Waals surface area contributed by atoms with Crippen LogP contribution in [-0.2, 0) is 11.2 Å². The summed E-state index contributed by atoms with van der Waals surface area (Å²) in [4.78, 5) is 11.7. The molecular weight excluding hydrogens is 287 g/mol. The van der Waals surface area contributed by atoms with E-state index < -0.39 is 5.82 Å². The summed E-state index contributed by atoms with van der Waals surface area (Å²) in [6.07, 6.45) is 2.11. The van der Waals surface area contributed by atoms with Crippen molar-refractivity contribution in [2.24, 2.45) is 0 Å². The number of nitrogens with one attached hydrogen (secondary N) is 1. The molecular formula is C13H14ClFN2OS. The van der Waals surface area contributed by atoms with Gasteiger partial charge in [0, 0.05) is 17.2 Å². The molecule has 1 unspecified atom stereocenters. The smallest absolute Gasteiger partial charge is 0.225 e. The third-order valence-corrected chi connectivity index (χ3v) is 4.29. The molecule has 102 valence electrons. The first-order chi connectivity index (χ1) is 9.16. The summed E-state index contributed by atoms with van der Waals surface area (Å²) < 4.78 is 13.5. The predicted molar refractivity (Wildman–Crippen MR) is 75.4 cm³/mol. The molecule has 6 heteroatoms. The zero-order chi connectivity index (χ0) is 14.3. The molecule has 1 heterocycles. The van der Waals surface area contributed by atoms with Gasteiger partial charge in [0.1, 0.15) is 5.82 Å². The number of halogens is 2. The van der Waals surface area contributed by atoms with E-state index in [0.29, 0.717) is 5.02 Å². The van der Waals surface area contributed by atoms with Crippen LogP contribution in [0.2, 0.25) is 5.02 Å². The zero-order valence-electron chi connectivity index (χ0n) is 10.2. The van der Waals surface area contributed by atoms with Crippen molar-refractivity contribution in [3.63, 3.8) is 0 Å². The van der Waals surface area contributed by atoms with Crippen LogP contribution in [0.25, 0.3) is 0 Å². The highest BCUT2D eigenvalue weighted by molar-refractivity contribution is 8.00. The van der Waals surface area contributed by atoms with Gasteiger partial charge in [0.05, 0.1) is 11.8 Å². The molecule has 0 radical (unpaired) electrons. The minimum Gasteiger partial charge on any atom is -0.344 e. The highest BCUT2D eigenvalue weighted by Gasteiger charge is 2.19. The van der Waals surface area contributed by atoms with Gasteiger partial charge in [-0.15, -0.1) is 11.8 Å². The molecule has 1 N–H and O–H groups in total. The molecule has 0 saturated carbocycles. The van der Waals surface area contributed by atoms with Crippen molar-refractivity contribution < 1.29 is 9.18 Å². The fourth-order valence-corrected chi connectivity index (χ4v) is 3.18. The van der Waals surface area contributed by atoms with Gasteiger partial charge in [0.25, 0.3) is 0 Å². The maximum Gasteiger partial charge on any atom is 0.225 e. The maximum absolute atomic E-state index is 13.5. The van der Waals surface area contributed by atoms with Crippen LogP contribution < -0.4 is 5.32 Å². The average Bonchev–Trinajstić information content (AvgIpc) is 2.89. The van der Waals surface area contributed by atoms with Crippen molar-refractivity contribution in [1.82, 2.24) is 5.32 Å². The van der Waals surface area contributed by atoms with Gasteiger partial charge in [-0.1, -0.05) is 17.7 Å². The van der Waals surface area contributed by atoms with Gasteiger partial charge >= 0.3 is 0 Å². The number of hydrogen-bond donors (Lipinski definition) is 1. The third-order valence-electron chi connectivity index (χ3n) is 2.65. The highest BCUT2D eigenvalue weighted by Crippen LogP contribution is 2.24. The van der Waals surface area contributed by atoms with Crippen molar-refractivity contribution in [2.45, 2.75) is 24.6 Å². The molecule has 3 nitrogen and oxygen atoms in total. The Balaban J connectivity index is 0.000000861. The van der Waals surface area contributed by atoms with Crippen LogP contribution in [0.4, 0.5) is 4.39 Å². The Labute approximate surface area is 121 Å². The van der Waals surface area contributed by atoms with E-state index in [1.807, 2.05) is 0 Å². The van der Waals surface area contributed by atoms with Crippen LogP contribution in [0.5, 0.6) is 0 Å². The standard InChI is InChI=1S/C12H13ClFNOS.CHN/c13-9-3-1-4-10(14)8(9)7-11(16)15-12-5-2-6-17-12;1-2/h1,3-4,12H,2,5-7H2,(H,15,16);1H. The summed E-state index contributed by atoms with van der Waals surface area (Å²) in [5.41, 5.74) is 0.273. The summed E-state index contributed by atoms with van der Waals surface area (Å²) in [5.74, 6) is 0.480. The molecule has 1 aromatic rings. The fourth-order valence-electron chi connectivity index (χ4n) is 1.78. The second-order valence-electron chi connectivity index (χ2n) is 3.95. The fraction of sp³-hybridized carbons (Fsp3) is 0.385. The Morgan fingerprint density at radius 2 is 2.32 bits per heavy atom. The first-order valence-electron chi connectivity index (χ1n) is 5.76. The lowest BCUT2D eigenvalue weighted by Gasteiger charge is -2.12. The van der Waals surface area contributed by atoms with E-state index in [4.69, 9.17) is 16.9 Å². The van der Waals surface area contributed by atoms with Gasteiger partial charge < -0.3 is 5.32 Å². The molecule has 1 fully saturated rings. The number of nitrogens with zero attached hydrogens (tertiary/aromatic N) is 1. The van der Waals surface area contributed by atoms with Crippen molar-refractivity contribution in [2.75, 3.05) is 5.75 Å². The van der Waals surface area contributed by atoms with Gasteiger partial charge in [-0.05, 0) is 30.7 Å². The Morgan fingerprint density at radius 3 is 2.89 bits per heavy atom. The largest absolute Gasteiger partial charge is 0.344 e. The van der Waals surface area contributed by atoms with E-state index in [-0.39, 0.29) is 23.3 Å². The number of carbonyl (C=O) groups excluding carboxylic acids is 1. The summed E-state index contributed by atoms with van der Waals surface area (Å²) in [7, 11) is 0. The lowest BCUT2D eigenvalue weighted by atomic mass is 10.1. The number of hydrogen-bond acceptors (Lipinski definition) is 3. The van der Waals surface area contributed by atoms with Crippen molar-refractivity contribution in [1.29, 1.82) is 5.26 Å². The molecule has 0 bridgehead atoms. The van der Waals surface area contributed by atoms with Crippen LogP contribution >= 0.6 is 23.4 Å². The second-order valence-corrected chi connectivity index (χ2v) is 5.66. The summed E-state index contributed by atoms with van der Waals surface area (Å²) in [5, 5.41) is 9.86. The predicted octanol–water partition coefficient (Wildman–Crippen LogP) is 3.13. The molecule has 0 aliphatic carbocycles. The molecule has 1 atom stereocenters. The molecule has 2 rings (SSSR count). The number of rotatable bonds is 3. The van der Waals surface area contributed by atoms with Gasteiger partial charge in [-0.3, -0.25) is 4.79 Å². The Morgan fingerprint density at radius 1 is 1.58 bits per heavy atom. The lowest BCUT2D eigenvalue weighted by Crippen LogP contribution is -2.32. The van der Waals surface area contributed by atoms with Crippen LogP contribution in [0.15, 0.2) is 18.2 Å². The molecule has 1 aromatic carbocycles. The first-order valence-corrected chi connectivity index (χ1v) is 7.19. The van der Waals surface area contributed by atoms with Crippen molar-refractivity contribution >= 4 is 29.3 Å². The Kier molecular flexibility index (Phi) is 6.68. The zero-order valence-corrected chi connectivity index (χ0v) is 11.8. The number of benzene rings is 1. The minimum atomic E-state index is -0.424. The van der Waals surface area contributed by atoms with E-state index >= 15 is 0 Å². The summed E-state index contributed by atoms with van der Waals surface area (Å²) in [6.45, 7) is 3.50. The molecule has 1 aliphatic heterocycles. The molecule has 1 saturated heterocycles. The van der Waals surface area contributed by atoms with E-state index in [1.165, 1.54) is 12.1 Å². The van der Waals surface area contributed by atoms with Crippen LogP contribution in [0.1, 0.15) is 18.4 Å². The average molecular weight is 301 g/mol. The van der Waals surface area contributed by atoms with Crippen molar-refractivity contribution in [3.05, 3.63) is 34.6 Å². The van der Waals surface area contributed by atoms with Gasteiger partial charge in [-0.2, -0.15) is 0 Å². The normalized spacial score (nSPS) is 17.4. The molecule has 0 aromatic heterocycles. The second kappa shape index (κ2) is 8.03. The number of thioether (sulfide) groups is 1. The molecule has 1 amide bonds.